The third-order valence-electron chi connectivity index (χ3n) is 2.62. The van der Waals surface area contributed by atoms with E-state index >= 15 is 0 Å². The molecule has 0 aromatic heterocycles. The molecular formula is C13H12N4O6. The van der Waals surface area contributed by atoms with Gasteiger partial charge in [0.25, 0.3) is 17.3 Å². The molecule has 0 heterocycles. The van der Waals surface area contributed by atoms with Crippen molar-refractivity contribution in [2.45, 2.75) is 0 Å². The van der Waals surface area contributed by atoms with E-state index in [2.05, 4.69) is 10.6 Å². The molecule has 0 radical (unpaired) electrons. The number of anilines is 1. The molecule has 23 heavy (non-hydrogen) atoms. The van der Waals surface area contributed by atoms with E-state index in [4.69, 9.17) is 0 Å². The largest absolute Gasteiger partial charge is 0.355 e. The monoisotopic (exact) mass is 320 g/mol. The second-order valence-corrected chi connectivity index (χ2v) is 4.03. The van der Waals surface area contributed by atoms with E-state index in [1.807, 2.05) is 0 Å². The summed E-state index contributed by atoms with van der Waals surface area (Å²) in [4.78, 5) is 42.0. The Morgan fingerprint density at radius 2 is 1.91 bits per heavy atom. The number of carbonyl (C=O) groups excluding carboxylic acids is 2. The van der Waals surface area contributed by atoms with Gasteiger partial charge in [-0.25, -0.2) is 0 Å². The molecule has 0 aliphatic rings. The molecule has 0 atom stereocenters. The normalized spacial score (nSPS) is 11.1. The van der Waals surface area contributed by atoms with Gasteiger partial charge >= 0.3 is 0 Å². The van der Waals surface area contributed by atoms with Crippen molar-refractivity contribution in [3.8, 4) is 0 Å². The van der Waals surface area contributed by atoms with Crippen LogP contribution in [-0.2, 0) is 9.59 Å². The van der Waals surface area contributed by atoms with Gasteiger partial charge in [-0.1, -0.05) is 0 Å². The molecule has 0 aliphatic heterocycles. The molecule has 10 nitrogen and oxygen atoms in total. The highest BCUT2D eigenvalue weighted by Gasteiger charge is 2.19. The van der Waals surface area contributed by atoms with Crippen LogP contribution in [0.3, 0.4) is 0 Å². The summed E-state index contributed by atoms with van der Waals surface area (Å²) in [6, 6.07) is 3.04. The van der Waals surface area contributed by atoms with E-state index in [-0.39, 0.29) is 11.3 Å². The number of nitrogens with zero attached hydrogens (tertiary/aromatic N) is 2. The Hall–Kier alpha value is -3.56. The molecule has 0 fully saturated rings. The average Bonchev–Trinajstić information content (AvgIpc) is 2.53. The molecule has 120 valence electrons. The number of rotatable bonds is 7. The van der Waals surface area contributed by atoms with Crippen LogP contribution in [0, 0.1) is 20.2 Å². The molecule has 10 heteroatoms. The predicted octanol–water partition coefficient (Wildman–Crippen LogP) is 1.30. The number of aldehydes is 1. The van der Waals surface area contributed by atoms with E-state index in [0.717, 1.165) is 30.5 Å². The Bertz CT molecular complexity index is 710. The SMILES string of the molecule is CNC(=O)C(=C\Nc1ccc([N+](=O)[O-])cc1[N+](=O)[O-])/C=C/C=O. The van der Waals surface area contributed by atoms with Crippen LogP contribution in [-0.4, -0.2) is 29.1 Å². The van der Waals surface area contributed by atoms with Crippen molar-refractivity contribution in [3.05, 3.63) is 62.4 Å². The van der Waals surface area contributed by atoms with Crippen LogP contribution in [0.15, 0.2) is 42.1 Å². The topological polar surface area (TPSA) is 144 Å². The van der Waals surface area contributed by atoms with Gasteiger partial charge in [-0.2, -0.15) is 0 Å². The molecule has 1 rings (SSSR count). The highest BCUT2D eigenvalue weighted by atomic mass is 16.6. The minimum atomic E-state index is -0.788. The molecule has 0 saturated heterocycles. The molecule has 1 aromatic carbocycles. The Balaban J connectivity index is 3.20. The van der Waals surface area contributed by atoms with Crippen LogP contribution in [0.2, 0.25) is 0 Å². The number of benzene rings is 1. The first-order valence-corrected chi connectivity index (χ1v) is 6.14. The van der Waals surface area contributed by atoms with Crippen LogP contribution in [0.25, 0.3) is 0 Å². The Morgan fingerprint density at radius 3 is 2.43 bits per heavy atom. The highest BCUT2D eigenvalue weighted by molar-refractivity contribution is 5.97. The zero-order chi connectivity index (χ0) is 17.4. The Kier molecular flexibility index (Phi) is 6.10. The fourth-order valence-corrected chi connectivity index (χ4v) is 1.54. The number of hydrogen-bond donors (Lipinski definition) is 2. The number of nitrogens with one attached hydrogen (secondary N) is 2. The van der Waals surface area contributed by atoms with Crippen molar-refractivity contribution in [2.75, 3.05) is 12.4 Å². The van der Waals surface area contributed by atoms with Gasteiger partial charge in [-0.15, -0.1) is 0 Å². The summed E-state index contributed by atoms with van der Waals surface area (Å²) in [6.45, 7) is 0. The first kappa shape index (κ1) is 17.5. The maximum absolute atomic E-state index is 11.6. The first-order valence-electron chi connectivity index (χ1n) is 6.14. The lowest BCUT2D eigenvalue weighted by Crippen LogP contribution is -2.19. The zero-order valence-electron chi connectivity index (χ0n) is 11.9. The second kappa shape index (κ2) is 8.02. The van der Waals surface area contributed by atoms with Crippen LogP contribution in [0.4, 0.5) is 17.1 Å². The molecule has 2 N–H and O–H groups in total. The van der Waals surface area contributed by atoms with Crippen LogP contribution >= 0.6 is 0 Å². The smallest absolute Gasteiger partial charge is 0.299 e. The van der Waals surface area contributed by atoms with E-state index in [1.54, 1.807) is 0 Å². The van der Waals surface area contributed by atoms with Crippen LogP contribution < -0.4 is 10.6 Å². The highest BCUT2D eigenvalue weighted by Crippen LogP contribution is 2.29. The second-order valence-electron chi connectivity index (χ2n) is 4.03. The quantitative estimate of drug-likeness (QED) is 0.253. The van der Waals surface area contributed by atoms with E-state index in [0.29, 0.717) is 6.29 Å². The molecule has 1 aromatic rings. The Labute approximate surface area is 129 Å². The van der Waals surface area contributed by atoms with Gasteiger partial charge in [0.2, 0.25) is 0 Å². The number of likely N-dealkylation sites (N-methyl/N-ethyl adjacent to an activating group) is 1. The standard InChI is InChI=1S/C13H12N4O6/c1-14-13(19)9(3-2-6-18)8-15-11-5-4-10(16(20)21)7-12(11)17(22)23/h2-8,15H,1H3,(H,14,19)/b3-2+,9-8-. The molecule has 0 aliphatic carbocycles. The third kappa shape index (κ3) is 4.74. The van der Waals surface area contributed by atoms with Gasteiger partial charge in [0, 0.05) is 19.3 Å². The van der Waals surface area contributed by atoms with Crippen molar-refractivity contribution < 1.29 is 19.4 Å². The van der Waals surface area contributed by atoms with Crippen molar-refractivity contribution >= 4 is 29.3 Å². The first-order chi connectivity index (χ1) is 10.9. The number of hydrogen-bond acceptors (Lipinski definition) is 7. The summed E-state index contributed by atoms with van der Waals surface area (Å²) in [5, 5.41) is 26.5. The Morgan fingerprint density at radius 1 is 1.22 bits per heavy atom. The van der Waals surface area contributed by atoms with Crippen LogP contribution in [0.1, 0.15) is 0 Å². The lowest BCUT2D eigenvalue weighted by atomic mass is 10.2. The van der Waals surface area contributed by atoms with Gasteiger partial charge in [-0.3, -0.25) is 29.8 Å². The van der Waals surface area contributed by atoms with E-state index in [9.17, 15) is 29.8 Å². The summed E-state index contributed by atoms with van der Waals surface area (Å²) >= 11 is 0. The minimum Gasteiger partial charge on any atom is -0.355 e. The molecule has 0 bridgehead atoms. The number of non-ortho nitro benzene ring substituents is 1. The van der Waals surface area contributed by atoms with Crippen molar-refractivity contribution in [3.63, 3.8) is 0 Å². The van der Waals surface area contributed by atoms with Gasteiger partial charge in [0.15, 0.2) is 0 Å². The minimum absolute atomic E-state index is 0.0345. The molecular weight excluding hydrogens is 308 g/mol. The maximum atomic E-state index is 11.6. The molecule has 1 amide bonds. The summed E-state index contributed by atoms with van der Waals surface area (Å²) < 4.78 is 0. The number of carbonyl (C=O) groups is 2. The summed E-state index contributed by atoms with van der Waals surface area (Å²) in [5.41, 5.74) is -0.960. The van der Waals surface area contributed by atoms with Crippen LogP contribution in [0.5, 0.6) is 0 Å². The van der Waals surface area contributed by atoms with E-state index < -0.39 is 27.1 Å². The number of nitro groups is 2. The lowest BCUT2D eigenvalue weighted by molar-refractivity contribution is -0.393. The lowest BCUT2D eigenvalue weighted by Gasteiger charge is -2.05. The average molecular weight is 320 g/mol. The predicted molar refractivity (Wildman–Crippen MR) is 80.7 cm³/mol. The molecule has 0 saturated carbocycles. The van der Waals surface area contributed by atoms with Crippen molar-refractivity contribution in [1.29, 1.82) is 0 Å². The maximum Gasteiger partial charge on any atom is 0.299 e. The summed E-state index contributed by atoms with van der Waals surface area (Å²) in [7, 11) is 1.37. The molecule has 0 spiro atoms. The fraction of sp³-hybridized carbons (Fsp3) is 0.0769. The van der Waals surface area contributed by atoms with Gasteiger partial charge in [0.1, 0.15) is 12.0 Å². The molecule has 0 unspecified atom stereocenters. The van der Waals surface area contributed by atoms with Gasteiger partial charge < -0.3 is 10.6 Å². The number of allylic oxidation sites excluding steroid dienone is 1. The number of amides is 1. The third-order valence-corrected chi connectivity index (χ3v) is 2.62. The van der Waals surface area contributed by atoms with E-state index in [1.165, 1.54) is 13.1 Å². The summed E-state index contributed by atoms with van der Waals surface area (Å²) in [6.07, 6.45) is 3.89. The van der Waals surface area contributed by atoms with Gasteiger partial charge in [-0.05, 0) is 18.2 Å². The van der Waals surface area contributed by atoms with Crippen molar-refractivity contribution in [1.82, 2.24) is 5.32 Å². The zero-order valence-corrected chi connectivity index (χ0v) is 11.9. The van der Waals surface area contributed by atoms with Gasteiger partial charge in [0.05, 0.1) is 21.5 Å². The fourth-order valence-electron chi connectivity index (χ4n) is 1.54. The summed E-state index contributed by atoms with van der Waals surface area (Å²) in [5.74, 6) is -0.528. The van der Waals surface area contributed by atoms with Crippen molar-refractivity contribution in [2.24, 2.45) is 0 Å². The number of nitro benzene ring substituents is 2.